The van der Waals surface area contributed by atoms with Gasteiger partial charge in [-0.1, -0.05) is 16.8 Å². The fourth-order valence-electron chi connectivity index (χ4n) is 1.95. The number of fused-ring (bicyclic) bond motifs is 1. The van der Waals surface area contributed by atoms with Crippen LogP contribution in [0.4, 0.5) is 0 Å². The molecular weight excluding hydrogens is 252 g/mol. The Bertz CT molecular complexity index is 635. The number of imide groups is 1. The monoisotopic (exact) mass is 259 g/mol. The van der Waals surface area contributed by atoms with Gasteiger partial charge in [-0.3, -0.25) is 9.59 Å². The molecule has 0 saturated heterocycles. The lowest BCUT2D eigenvalue weighted by atomic mass is 10.1. The Morgan fingerprint density at radius 3 is 2.00 bits per heavy atom. The van der Waals surface area contributed by atoms with Gasteiger partial charge in [-0.2, -0.15) is 0 Å². The highest BCUT2D eigenvalue weighted by molar-refractivity contribution is 6.31. The van der Waals surface area contributed by atoms with Crippen molar-refractivity contribution in [3.8, 4) is 0 Å². The average molecular weight is 260 g/mol. The van der Waals surface area contributed by atoms with Crippen LogP contribution in [0, 0.1) is 0 Å². The van der Waals surface area contributed by atoms with E-state index in [0.29, 0.717) is 16.3 Å². The third-order valence-corrected chi connectivity index (χ3v) is 3.08. The number of carbonyl (C=O) groups excluding carboxylic acids is 2. The van der Waals surface area contributed by atoms with Crippen LogP contribution in [-0.2, 0) is 0 Å². The maximum atomic E-state index is 12.2. The van der Waals surface area contributed by atoms with Gasteiger partial charge in [0.2, 0.25) is 6.20 Å². The van der Waals surface area contributed by atoms with Crippen LogP contribution in [0.25, 0.3) is 0 Å². The quantitative estimate of drug-likeness (QED) is 0.443. The largest absolute Gasteiger partial charge is 0.319 e. The van der Waals surface area contributed by atoms with Crippen LogP contribution in [0.15, 0.2) is 48.7 Å². The van der Waals surface area contributed by atoms with Crippen molar-refractivity contribution in [1.82, 2.24) is 0 Å². The van der Waals surface area contributed by atoms with Crippen molar-refractivity contribution in [1.29, 1.82) is 0 Å². The van der Waals surface area contributed by atoms with E-state index < -0.39 is 0 Å². The van der Waals surface area contributed by atoms with Crippen molar-refractivity contribution in [2.75, 3.05) is 5.01 Å². The molecule has 0 atom stereocenters. The Balaban J connectivity index is 2.16. The van der Waals surface area contributed by atoms with Gasteiger partial charge in [0.15, 0.2) is 0 Å². The Labute approximate surface area is 108 Å². The van der Waals surface area contributed by atoms with Crippen LogP contribution in [-0.4, -0.2) is 11.8 Å². The summed E-state index contributed by atoms with van der Waals surface area (Å²) >= 11 is 5.99. The van der Waals surface area contributed by atoms with Crippen LogP contribution >= 0.6 is 11.6 Å². The van der Waals surface area contributed by atoms with Crippen molar-refractivity contribution in [3.63, 3.8) is 0 Å². The van der Waals surface area contributed by atoms with Gasteiger partial charge in [-0.15, -0.1) is 0 Å². The van der Waals surface area contributed by atoms with Crippen molar-refractivity contribution in [3.05, 3.63) is 64.9 Å². The minimum absolute atomic E-state index is 0.298. The van der Waals surface area contributed by atoms with Crippen molar-refractivity contribution in [2.45, 2.75) is 0 Å². The van der Waals surface area contributed by atoms with Gasteiger partial charge in [0.05, 0.1) is 11.1 Å². The zero-order valence-electron chi connectivity index (χ0n) is 9.21. The number of amides is 2. The second-order valence-corrected chi connectivity index (χ2v) is 4.22. The molecule has 2 heterocycles. The highest BCUT2D eigenvalue weighted by Gasteiger charge is 2.43. The summed E-state index contributed by atoms with van der Waals surface area (Å²) in [4.78, 5) is 24.4. The van der Waals surface area contributed by atoms with E-state index in [-0.39, 0.29) is 11.8 Å². The van der Waals surface area contributed by atoms with Gasteiger partial charge < -0.3 is 0 Å². The molecule has 0 bridgehead atoms. The SMILES string of the molecule is O=C1c2ccccc2C(=O)N1[n+]1ccccc1Cl. The maximum absolute atomic E-state index is 12.2. The molecule has 0 N–H and O–H groups in total. The molecule has 0 aliphatic carbocycles. The second-order valence-electron chi connectivity index (χ2n) is 3.84. The minimum Gasteiger partial charge on any atom is -0.263 e. The molecular formula is C13H8ClN2O2+. The molecule has 88 valence electrons. The lowest BCUT2D eigenvalue weighted by molar-refractivity contribution is -0.669. The number of aromatic nitrogens is 1. The number of nitrogens with zero attached hydrogens (tertiary/aromatic N) is 2. The molecule has 3 rings (SSSR count). The number of hydrogen-bond donors (Lipinski definition) is 0. The summed E-state index contributed by atoms with van der Waals surface area (Å²) in [5.41, 5.74) is 0.796. The average Bonchev–Trinajstić information content (AvgIpc) is 2.64. The Morgan fingerprint density at radius 2 is 1.44 bits per heavy atom. The molecule has 1 aliphatic rings. The maximum Gasteiger partial charge on any atom is 0.319 e. The molecule has 0 radical (unpaired) electrons. The number of hydrogen-bond acceptors (Lipinski definition) is 2. The Morgan fingerprint density at radius 1 is 0.889 bits per heavy atom. The highest BCUT2D eigenvalue weighted by atomic mass is 35.5. The molecule has 0 spiro atoms. The summed E-state index contributed by atoms with van der Waals surface area (Å²) in [6.45, 7) is 0. The molecule has 4 nitrogen and oxygen atoms in total. The third-order valence-electron chi connectivity index (χ3n) is 2.78. The molecule has 5 heteroatoms. The van der Waals surface area contributed by atoms with E-state index in [1.54, 1.807) is 48.7 Å². The van der Waals surface area contributed by atoms with E-state index >= 15 is 0 Å². The highest BCUT2D eigenvalue weighted by Crippen LogP contribution is 2.19. The van der Waals surface area contributed by atoms with E-state index in [0.717, 1.165) is 5.01 Å². The van der Waals surface area contributed by atoms with E-state index in [4.69, 9.17) is 11.6 Å². The van der Waals surface area contributed by atoms with E-state index in [1.165, 1.54) is 4.68 Å². The van der Waals surface area contributed by atoms with Crippen molar-refractivity contribution in [2.24, 2.45) is 0 Å². The lowest BCUT2D eigenvalue weighted by Crippen LogP contribution is -2.61. The molecule has 0 saturated carbocycles. The van der Waals surface area contributed by atoms with Gasteiger partial charge in [0.1, 0.15) is 0 Å². The van der Waals surface area contributed by atoms with Gasteiger partial charge in [0, 0.05) is 12.1 Å². The first-order valence-corrected chi connectivity index (χ1v) is 5.72. The summed E-state index contributed by atoms with van der Waals surface area (Å²) in [7, 11) is 0. The summed E-state index contributed by atoms with van der Waals surface area (Å²) in [6, 6.07) is 11.8. The molecule has 1 aromatic heterocycles. The van der Waals surface area contributed by atoms with Crippen molar-refractivity contribution < 1.29 is 14.3 Å². The van der Waals surface area contributed by atoms with Crippen LogP contribution in [0.2, 0.25) is 5.15 Å². The fraction of sp³-hybridized carbons (Fsp3) is 0. The number of halogens is 1. The Kier molecular flexibility index (Phi) is 2.38. The summed E-state index contributed by atoms with van der Waals surface area (Å²) < 4.78 is 1.34. The fourth-order valence-corrected chi connectivity index (χ4v) is 2.15. The van der Waals surface area contributed by atoms with Crippen LogP contribution in [0.3, 0.4) is 0 Å². The second kappa shape index (κ2) is 3.92. The molecule has 0 fully saturated rings. The number of rotatable bonds is 1. The first-order chi connectivity index (χ1) is 8.70. The molecule has 0 unspecified atom stereocenters. The first-order valence-electron chi connectivity index (χ1n) is 5.34. The zero-order valence-corrected chi connectivity index (χ0v) is 9.96. The predicted molar refractivity (Wildman–Crippen MR) is 65.0 cm³/mol. The zero-order chi connectivity index (χ0) is 12.7. The minimum atomic E-state index is -0.367. The number of pyridine rings is 1. The topological polar surface area (TPSA) is 41.3 Å². The summed E-state index contributed by atoms with van der Waals surface area (Å²) in [5, 5.41) is 1.33. The number of carbonyl (C=O) groups is 2. The standard InChI is InChI=1S/C13H8ClN2O2/c14-11-7-3-4-8-15(11)16-12(17)9-5-1-2-6-10(9)13(16)18/h1-8H/q+1. The lowest BCUT2D eigenvalue weighted by Gasteiger charge is -2.06. The predicted octanol–water partition coefficient (Wildman–Crippen LogP) is 1.56. The van der Waals surface area contributed by atoms with Crippen LogP contribution in [0.1, 0.15) is 20.7 Å². The van der Waals surface area contributed by atoms with Gasteiger partial charge >= 0.3 is 17.0 Å². The van der Waals surface area contributed by atoms with Gasteiger partial charge in [0.25, 0.3) is 0 Å². The van der Waals surface area contributed by atoms with Crippen LogP contribution in [0.5, 0.6) is 0 Å². The van der Waals surface area contributed by atoms with E-state index in [2.05, 4.69) is 0 Å². The molecule has 1 aliphatic heterocycles. The molecule has 2 aromatic rings. The smallest absolute Gasteiger partial charge is 0.263 e. The summed E-state index contributed by atoms with van der Waals surface area (Å²) in [5.74, 6) is -0.734. The summed E-state index contributed by atoms with van der Waals surface area (Å²) in [6.07, 6.45) is 1.57. The van der Waals surface area contributed by atoms with Gasteiger partial charge in [-0.25, -0.2) is 0 Å². The van der Waals surface area contributed by atoms with E-state index in [1.807, 2.05) is 0 Å². The first kappa shape index (κ1) is 10.9. The molecule has 1 aromatic carbocycles. The number of benzene rings is 1. The molecule has 18 heavy (non-hydrogen) atoms. The molecule has 2 amide bonds. The van der Waals surface area contributed by atoms with Crippen LogP contribution < -0.4 is 9.69 Å². The van der Waals surface area contributed by atoms with Crippen molar-refractivity contribution >= 4 is 23.4 Å². The normalized spacial score (nSPS) is 13.9. The third kappa shape index (κ3) is 1.43. The van der Waals surface area contributed by atoms with E-state index in [9.17, 15) is 9.59 Å². The Hall–Kier alpha value is -2.20. The van der Waals surface area contributed by atoms with Gasteiger partial charge in [-0.05, 0) is 34.8 Å².